The number of nitrogens with zero attached hydrogens (tertiary/aromatic N) is 1. The molecular formula is C14H21ClF2N2O. The van der Waals surface area contributed by atoms with Crippen LogP contribution in [0.4, 0.5) is 8.78 Å². The second-order valence-corrected chi connectivity index (χ2v) is 4.66. The standard InChI is InChI=1S/C14H20F2N2O.ClH/c1-2-13(18-9-7-17-8-10-18)11-3-5-12(6-4-11)19-14(15)16;/h3-6,13-14,17H,2,7-10H2,1H3;1H/t13-;/m0./s1. The maximum atomic E-state index is 12.1. The average Bonchev–Trinajstić information content (AvgIpc) is 2.42. The second kappa shape index (κ2) is 8.39. The summed E-state index contributed by atoms with van der Waals surface area (Å²) >= 11 is 0. The highest BCUT2D eigenvalue weighted by Crippen LogP contribution is 2.26. The SMILES string of the molecule is CC[C@@H](c1ccc(OC(F)F)cc1)N1CCNCC1.Cl. The number of rotatable bonds is 5. The van der Waals surface area contributed by atoms with E-state index < -0.39 is 6.61 Å². The van der Waals surface area contributed by atoms with Crippen molar-refractivity contribution >= 4 is 12.4 Å². The van der Waals surface area contributed by atoms with Crippen LogP contribution in [0.1, 0.15) is 24.9 Å². The van der Waals surface area contributed by atoms with Crippen LogP contribution >= 0.6 is 12.4 Å². The molecule has 1 atom stereocenters. The molecular weight excluding hydrogens is 286 g/mol. The third kappa shape index (κ3) is 4.58. The fourth-order valence-electron chi connectivity index (χ4n) is 2.57. The Morgan fingerprint density at radius 2 is 1.80 bits per heavy atom. The summed E-state index contributed by atoms with van der Waals surface area (Å²) in [6.45, 7) is 3.44. The Kier molecular flexibility index (Phi) is 7.19. The lowest BCUT2D eigenvalue weighted by molar-refractivity contribution is -0.0498. The van der Waals surface area contributed by atoms with Gasteiger partial charge in [0.15, 0.2) is 0 Å². The van der Waals surface area contributed by atoms with Crippen molar-refractivity contribution in [3.8, 4) is 5.75 Å². The minimum atomic E-state index is -2.76. The van der Waals surface area contributed by atoms with Gasteiger partial charge in [0.2, 0.25) is 0 Å². The molecule has 1 aliphatic heterocycles. The zero-order chi connectivity index (χ0) is 13.7. The Morgan fingerprint density at radius 3 is 2.30 bits per heavy atom. The van der Waals surface area contributed by atoms with Crippen molar-refractivity contribution in [3.63, 3.8) is 0 Å². The number of hydrogen-bond acceptors (Lipinski definition) is 3. The van der Waals surface area contributed by atoms with E-state index in [1.807, 2.05) is 12.1 Å². The van der Waals surface area contributed by atoms with Crippen LogP contribution in [0.3, 0.4) is 0 Å². The van der Waals surface area contributed by atoms with Crippen molar-refractivity contribution in [2.45, 2.75) is 26.0 Å². The molecule has 3 nitrogen and oxygen atoms in total. The van der Waals surface area contributed by atoms with Crippen molar-refractivity contribution in [2.24, 2.45) is 0 Å². The maximum absolute atomic E-state index is 12.1. The fourth-order valence-corrected chi connectivity index (χ4v) is 2.57. The van der Waals surface area contributed by atoms with E-state index >= 15 is 0 Å². The number of piperazine rings is 1. The normalized spacial score (nSPS) is 17.6. The van der Waals surface area contributed by atoms with Gasteiger partial charge < -0.3 is 10.1 Å². The molecule has 0 aromatic heterocycles. The van der Waals surface area contributed by atoms with Crippen molar-refractivity contribution in [3.05, 3.63) is 29.8 Å². The third-order valence-electron chi connectivity index (χ3n) is 3.47. The summed E-state index contributed by atoms with van der Waals surface area (Å²) in [6, 6.07) is 7.35. The summed E-state index contributed by atoms with van der Waals surface area (Å²) in [7, 11) is 0. The van der Waals surface area contributed by atoms with Gasteiger partial charge in [-0.05, 0) is 24.1 Å². The second-order valence-electron chi connectivity index (χ2n) is 4.66. The van der Waals surface area contributed by atoms with E-state index in [4.69, 9.17) is 0 Å². The van der Waals surface area contributed by atoms with E-state index in [9.17, 15) is 8.78 Å². The molecule has 1 saturated heterocycles. The molecule has 1 N–H and O–H groups in total. The van der Waals surface area contributed by atoms with Gasteiger partial charge in [0.05, 0.1) is 0 Å². The molecule has 0 bridgehead atoms. The molecule has 1 fully saturated rings. The van der Waals surface area contributed by atoms with Gasteiger partial charge in [-0.2, -0.15) is 8.78 Å². The molecule has 1 aromatic rings. The highest BCUT2D eigenvalue weighted by Gasteiger charge is 2.20. The maximum Gasteiger partial charge on any atom is 0.387 e. The van der Waals surface area contributed by atoms with Crippen LogP contribution in [0, 0.1) is 0 Å². The van der Waals surface area contributed by atoms with Gasteiger partial charge in [0.25, 0.3) is 0 Å². The molecule has 0 spiro atoms. The fraction of sp³-hybridized carbons (Fsp3) is 0.571. The van der Waals surface area contributed by atoms with Gasteiger partial charge in [-0.25, -0.2) is 0 Å². The summed E-state index contributed by atoms with van der Waals surface area (Å²) < 4.78 is 28.6. The molecule has 0 saturated carbocycles. The Hall–Kier alpha value is -0.910. The van der Waals surface area contributed by atoms with Crippen molar-refractivity contribution < 1.29 is 13.5 Å². The summed E-state index contributed by atoms with van der Waals surface area (Å²) in [5, 5.41) is 3.33. The highest BCUT2D eigenvalue weighted by atomic mass is 35.5. The van der Waals surface area contributed by atoms with Gasteiger partial charge in [-0.15, -0.1) is 12.4 Å². The molecule has 0 radical (unpaired) electrons. The molecule has 0 amide bonds. The third-order valence-corrected chi connectivity index (χ3v) is 3.47. The number of hydrogen-bond donors (Lipinski definition) is 1. The van der Waals surface area contributed by atoms with E-state index in [-0.39, 0.29) is 18.2 Å². The Bertz CT molecular complexity index is 383. The van der Waals surface area contributed by atoms with Crippen molar-refractivity contribution in [1.82, 2.24) is 10.2 Å². The van der Waals surface area contributed by atoms with E-state index in [1.54, 1.807) is 12.1 Å². The number of ether oxygens (including phenoxy) is 1. The van der Waals surface area contributed by atoms with E-state index in [0.717, 1.165) is 38.2 Å². The molecule has 0 aliphatic carbocycles. The molecule has 0 unspecified atom stereocenters. The highest BCUT2D eigenvalue weighted by molar-refractivity contribution is 5.85. The molecule has 1 aromatic carbocycles. The molecule has 114 valence electrons. The number of halogens is 3. The van der Waals surface area contributed by atoms with Crippen molar-refractivity contribution in [2.75, 3.05) is 26.2 Å². The molecule has 2 rings (SSSR count). The Balaban J connectivity index is 0.00000200. The van der Waals surface area contributed by atoms with Gasteiger partial charge in [0.1, 0.15) is 5.75 Å². The van der Waals surface area contributed by atoms with Gasteiger partial charge >= 0.3 is 6.61 Å². The largest absolute Gasteiger partial charge is 0.435 e. The lowest BCUT2D eigenvalue weighted by atomic mass is 10.0. The van der Waals surface area contributed by atoms with Crippen LogP contribution in [0.25, 0.3) is 0 Å². The van der Waals surface area contributed by atoms with E-state index in [2.05, 4.69) is 21.9 Å². The average molecular weight is 307 g/mol. The Labute approximate surface area is 124 Å². The minimum Gasteiger partial charge on any atom is -0.435 e. The lowest BCUT2D eigenvalue weighted by Crippen LogP contribution is -2.45. The monoisotopic (exact) mass is 306 g/mol. The van der Waals surface area contributed by atoms with Gasteiger partial charge in [0, 0.05) is 32.2 Å². The van der Waals surface area contributed by atoms with Crippen LogP contribution in [0.15, 0.2) is 24.3 Å². The molecule has 20 heavy (non-hydrogen) atoms. The number of benzene rings is 1. The van der Waals surface area contributed by atoms with Crippen LogP contribution in [-0.4, -0.2) is 37.7 Å². The quantitative estimate of drug-likeness (QED) is 0.905. The van der Waals surface area contributed by atoms with Gasteiger partial charge in [-0.1, -0.05) is 19.1 Å². The zero-order valence-electron chi connectivity index (χ0n) is 11.5. The first-order valence-electron chi connectivity index (χ1n) is 6.70. The minimum absolute atomic E-state index is 0. The summed E-state index contributed by atoms with van der Waals surface area (Å²) in [5.41, 5.74) is 1.16. The summed E-state index contributed by atoms with van der Waals surface area (Å²) in [5.74, 6) is 0.217. The summed E-state index contributed by atoms with van der Waals surface area (Å²) in [4.78, 5) is 2.43. The number of alkyl halides is 2. The van der Waals surface area contributed by atoms with Gasteiger partial charge in [-0.3, -0.25) is 4.90 Å². The lowest BCUT2D eigenvalue weighted by Gasteiger charge is -2.34. The smallest absolute Gasteiger partial charge is 0.387 e. The zero-order valence-corrected chi connectivity index (χ0v) is 12.3. The summed E-state index contributed by atoms with van der Waals surface area (Å²) in [6.07, 6.45) is 1.01. The molecule has 1 aliphatic rings. The molecule has 1 heterocycles. The predicted octanol–water partition coefficient (Wildman–Crippen LogP) is 3.07. The van der Waals surface area contributed by atoms with E-state index in [0.29, 0.717) is 6.04 Å². The first kappa shape index (κ1) is 17.1. The first-order valence-corrected chi connectivity index (χ1v) is 6.70. The van der Waals surface area contributed by atoms with Crippen LogP contribution < -0.4 is 10.1 Å². The molecule has 6 heteroatoms. The first-order chi connectivity index (χ1) is 9.20. The van der Waals surface area contributed by atoms with E-state index in [1.165, 1.54) is 0 Å². The van der Waals surface area contributed by atoms with Crippen LogP contribution in [0.5, 0.6) is 5.75 Å². The Morgan fingerprint density at radius 1 is 1.20 bits per heavy atom. The predicted molar refractivity (Wildman–Crippen MR) is 77.8 cm³/mol. The van der Waals surface area contributed by atoms with Crippen LogP contribution in [-0.2, 0) is 0 Å². The topological polar surface area (TPSA) is 24.5 Å². The van der Waals surface area contributed by atoms with Crippen molar-refractivity contribution in [1.29, 1.82) is 0 Å². The van der Waals surface area contributed by atoms with Crippen LogP contribution in [0.2, 0.25) is 0 Å². The number of nitrogens with one attached hydrogen (secondary N) is 1.